The smallest absolute Gasteiger partial charge is 0.251 e. The number of methoxy groups -OCH3 is 2. The molecular weight excluding hydrogens is 452 g/mol. The van der Waals surface area contributed by atoms with Gasteiger partial charge < -0.3 is 20.1 Å². The van der Waals surface area contributed by atoms with Gasteiger partial charge in [0.1, 0.15) is 11.5 Å². The molecule has 6 nitrogen and oxygen atoms in total. The highest BCUT2D eigenvalue weighted by atomic mass is 16.5. The molecule has 0 aliphatic carbocycles. The fraction of sp³-hybridized carbons (Fsp3) is 0.133. The maximum absolute atomic E-state index is 13.4. The lowest BCUT2D eigenvalue weighted by atomic mass is 9.91. The first-order valence-electron chi connectivity index (χ1n) is 11.6. The molecule has 0 aliphatic heterocycles. The van der Waals surface area contributed by atoms with E-state index in [9.17, 15) is 9.59 Å². The standard InChI is InChI=1S/C30H28N2O4/c1-35-25-19-11-9-17-23(25)27(31-29(33)21-13-5-3-6-14-21)28(24-18-10-12-20-26(24)36-2)32-30(34)22-15-7-4-8-16-22/h3-20,27-28H,1-2H3,(H,31,33)(H,32,34)/t27-,28-/m0/s1. The van der Waals surface area contributed by atoms with Gasteiger partial charge in [-0.3, -0.25) is 9.59 Å². The molecular formula is C30H28N2O4. The average molecular weight is 481 g/mol. The van der Waals surface area contributed by atoms with E-state index in [-0.39, 0.29) is 11.8 Å². The highest BCUT2D eigenvalue weighted by Gasteiger charge is 2.32. The Morgan fingerprint density at radius 2 is 0.861 bits per heavy atom. The summed E-state index contributed by atoms with van der Waals surface area (Å²) in [5.74, 6) is 0.621. The third-order valence-corrected chi connectivity index (χ3v) is 5.93. The van der Waals surface area contributed by atoms with E-state index >= 15 is 0 Å². The summed E-state index contributed by atoms with van der Waals surface area (Å²) >= 11 is 0. The summed E-state index contributed by atoms with van der Waals surface area (Å²) in [4.78, 5) is 26.8. The molecule has 0 saturated heterocycles. The van der Waals surface area contributed by atoms with E-state index in [0.29, 0.717) is 33.8 Å². The average Bonchev–Trinajstić information content (AvgIpc) is 2.95. The Kier molecular flexibility index (Phi) is 7.98. The number of carbonyl (C=O) groups is 2. The molecule has 4 rings (SSSR count). The molecule has 0 spiro atoms. The van der Waals surface area contributed by atoms with E-state index < -0.39 is 12.1 Å². The van der Waals surface area contributed by atoms with Crippen LogP contribution in [0.1, 0.15) is 43.9 Å². The summed E-state index contributed by atoms with van der Waals surface area (Å²) in [5, 5.41) is 6.28. The molecule has 0 aliphatic rings. The number of rotatable bonds is 9. The second-order valence-electron chi connectivity index (χ2n) is 8.12. The molecule has 0 radical (unpaired) electrons. The van der Waals surface area contributed by atoms with Crippen LogP contribution in [0.5, 0.6) is 11.5 Å². The normalized spacial score (nSPS) is 12.2. The Morgan fingerprint density at radius 1 is 0.528 bits per heavy atom. The van der Waals surface area contributed by atoms with E-state index in [1.807, 2.05) is 84.9 Å². The van der Waals surface area contributed by atoms with E-state index in [1.54, 1.807) is 38.5 Å². The van der Waals surface area contributed by atoms with Crippen molar-refractivity contribution in [3.05, 3.63) is 131 Å². The van der Waals surface area contributed by atoms with Crippen molar-refractivity contribution in [2.45, 2.75) is 12.1 Å². The van der Waals surface area contributed by atoms with Crippen molar-refractivity contribution in [1.82, 2.24) is 10.6 Å². The van der Waals surface area contributed by atoms with Crippen molar-refractivity contribution in [3.8, 4) is 11.5 Å². The van der Waals surface area contributed by atoms with Gasteiger partial charge in [-0.2, -0.15) is 0 Å². The third-order valence-electron chi connectivity index (χ3n) is 5.93. The third kappa shape index (κ3) is 5.55. The first-order chi connectivity index (χ1) is 17.6. The minimum atomic E-state index is -0.683. The highest BCUT2D eigenvalue weighted by Crippen LogP contribution is 2.38. The molecule has 4 aromatic carbocycles. The van der Waals surface area contributed by atoms with Gasteiger partial charge in [0.15, 0.2) is 0 Å². The van der Waals surface area contributed by atoms with Gasteiger partial charge in [-0.1, -0.05) is 72.8 Å². The SMILES string of the molecule is COc1ccccc1[C@H](NC(=O)c1ccccc1)[C@@H](NC(=O)c1ccccc1)c1ccccc1OC. The van der Waals surface area contributed by atoms with Crippen LogP contribution in [0, 0.1) is 0 Å². The zero-order valence-corrected chi connectivity index (χ0v) is 20.2. The molecule has 0 heterocycles. The minimum Gasteiger partial charge on any atom is -0.496 e. The molecule has 0 aromatic heterocycles. The van der Waals surface area contributed by atoms with Crippen LogP contribution in [0.2, 0.25) is 0 Å². The number of carbonyl (C=O) groups excluding carboxylic acids is 2. The molecule has 0 fully saturated rings. The number of para-hydroxylation sites is 2. The van der Waals surface area contributed by atoms with Gasteiger partial charge in [-0.15, -0.1) is 0 Å². The molecule has 0 saturated carbocycles. The van der Waals surface area contributed by atoms with Crippen LogP contribution in [-0.4, -0.2) is 26.0 Å². The van der Waals surface area contributed by atoms with Gasteiger partial charge >= 0.3 is 0 Å². The van der Waals surface area contributed by atoms with Gasteiger partial charge in [0, 0.05) is 22.3 Å². The van der Waals surface area contributed by atoms with E-state index in [4.69, 9.17) is 9.47 Å². The van der Waals surface area contributed by atoms with Gasteiger partial charge in [-0.25, -0.2) is 0 Å². The van der Waals surface area contributed by atoms with Crippen LogP contribution in [0.15, 0.2) is 109 Å². The lowest BCUT2D eigenvalue weighted by Gasteiger charge is -2.31. The van der Waals surface area contributed by atoms with Crippen molar-refractivity contribution >= 4 is 11.8 Å². The van der Waals surface area contributed by atoms with Crippen molar-refractivity contribution in [2.24, 2.45) is 0 Å². The monoisotopic (exact) mass is 480 g/mol. The van der Waals surface area contributed by atoms with E-state index in [1.165, 1.54) is 0 Å². The highest BCUT2D eigenvalue weighted by molar-refractivity contribution is 5.96. The molecule has 6 heteroatoms. The molecule has 0 bridgehead atoms. The molecule has 4 aromatic rings. The number of nitrogens with one attached hydrogen (secondary N) is 2. The molecule has 2 N–H and O–H groups in total. The Hall–Kier alpha value is -4.58. The summed E-state index contributed by atoms with van der Waals surface area (Å²) in [7, 11) is 3.16. The second-order valence-corrected chi connectivity index (χ2v) is 8.12. The lowest BCUT2D eigenvalue weighted by Crippen LogP contribution is -2.41. The van der Waals surface area contributed by atoms with E-state index in [0.717, 1.165) is 0 Å². The minimum absolute atomic E-state index is 0.277. The molecule has 0 unspecified atom stereocenters. The zero-order valence-electron chi connectivity index (χ0n) is 20.2. The Balaban J connectivity index is 1.84. The Bertz CT molecular complexity index is 1210. The lowest BCUT2D eigenvalue weighted by molar-refractivity contribution is 0.0880. The summed E-state index contributed by atoms with van der Waals surface area (Å²) in [6.07, 6.45) is 0. The van der Waals surface area contributed by atoms with Crippen molar-refractivity contribution < 1.29 is 19.1 Å². The van der Waals surface area contributed by atoms with Crippen LogP contribution >= 0.6 is 0 Å². The molecule has 2 atom stereocenters. The number of hydrogen-bond acceptors (Lipinski definition) is 4. The number of amides is 2. The quantitative estimate of drug-likeness (QED) is 0.339. The first-order valence-corrected chi connectivity index (χ1v) is 11.6. The van der Waals surface area contributed by atoms with Crippen LogP contribution < -0.4 is 20.1 Å². The summed E-state index contributed by atoms with van der Waals surface area (Å²) in [5.41, 5.74) is 2.44. The van der Waals surface area contributed by atoms with Crippen molar-refractivity contribution in [1.29, 1.82) is 0 Å². The van der Waals surface area contributed by atoms with Crippen molar-refractivity contribution in [3.63, 3.8) is 0 Å². The number of ether oxygens (including phenoxy) is 2. The van der Waals surface area contributed by atoms with Gasteiger partial charge in [-0.05, 0) is 36.4 Å². The van der Waals surface area contributed by atoms with Gasteiger partial charge in [0.05, 0.1) is 26.3 Å². The number of hydrogen-bond donors (Lipinski definition) is 2. The van der Waals surface area contributed by atoms with Crippen LogP contribution in [-0.2, 0) is 0 Å². The maximum atomic E-state index is 13.4. The Morgan fingerprint density at radius 3 is 1.22 bits per heavy atom. The zero-order chi connectivity index (χ0) is 25.3. The van der Waals surface area contributed by atoms with Crippen LogP contribution in [0.4, 0.5) is 0 Å². The number of benzene rings is 4. The van der Waals surface area contributed by atoms with Gasteiger partial charge in [0.2, 0.25) is 0 Å². The first kappa shape index (κ1) is 24.5. The predicted octanol–water partition coefficient (Wildman–Crippen LogP) is 5.35. The van der Waals surface area contributed by atoms with Crippen LogP contribution in [0.3, 0.4) is 0 Å². The predicted molar refractivity (Wildman–Crippen MR) is 139 cm³/mol. The largest absolute Gasteiger partial charge is 0.496 e. The fourth-order valence-corrected chi connectivity index (χ4v) is 4.16. The summed E-state index contributed by atoms with van der Waals surface area (Å²) < 4.78 is 11.3. The van der Waals surface area contributed by atoms with Gasteiger partial charge in [0.25, 0.3) is 11.8 Å². The second kappa shape index (κ2) is 11.7. The molecule has 182 valence electrons. The Labute approximate surface area is 210 Å². The maximum Gasteiger partial charge on any atom is 0.251 e. The van der Waals surface area contributed by atoms with Crippen LogP contribution in [0.25, 0.3) is 0 Å². The topological polar surface area (TPSA) is 76.7 Å². The molecule has 36 heavy (non-hydrogen) atoms. The van der Waals surface area contributed by atoms with Crippen molar-refractivity contribution in [2.75, 3.05) is 14.2 Å². The summed E-state index contributed by atoms with van der Waals surface area (Å²) in [6.45, 7) is 0. The molecule has 2 amide bonds. The summed E-state index contributed by atoms with van der Waals surface area (Å²) in [6, 6.07) is 31.4. The fourth-order valence-electron chi connectivity index (χ4n) is 4.16. The van der Waals surface area contributed by atoms with E-state index in [2.05, 4.69) is 10.6 Å².